The van der Waals surface area contributed by atoms with E-state index in [-0.39, 0.29) is 5.91 Å². The summed E-state index contributed by atoms with van der Waals surface area (Å²) in [5.41, 5.74) is 0. The third-order valence-corrected chi connectivity index (χ3v) is 4.72. The van der Waals surface area contributed by atoms with Crippen LogP contribution in [0.25, 0.3) is 6.08 Å². The van der Waals surface area contributed by atoms with Gasteiger partial charge in [-0.2, -0.15) is 4.99 Å². The summed E-state index contributed by atoms with van der Waals surface area (Å²) < 4.78 is 5.21. The lowest BCUT2D eigenvalue weighted by Crippen LogP contribution is -2.28. The van der Waals surface area contributed by atoms with Gasteiger partial charge in [0.25, 0.3) is 5.91 Å². The molecule has 1 aliphatic heterocycles. The minimum atomic E-state index is -0.0541. The van der Waals surface area contributed by atoms with Crippen molar-refractivity contribution in [1.82, 2.24) is 15.1 Å². The molecule has 0 bridgehead atoms. The van der Waals surface area contributed by atoms with Gasteiger partial charge in [0.05, 0.1) is 11.2 Å². The molecule has 3 rings (SSSR count). The molecule has 6 nitrogen and oxygen atoms in total. The van der Waals surface area contributed by atoms with Crippen molar-refractivity contribution in [3.8, 4) is 0 Å². The average molecular weight is 346 g/mol. The second kappa shape index (κ2) is 6.93. The highest BCUT2D eigenvalue weighted by atomic mass is 32.2. The maximum absolute atomic E-state index is 12.4. The molecule has 2 aromatic rings. The number of aliphatic imine (C=N–C) groups is 1. The molecule has 0 spiro atoms. The van der Waals surface area contributed by atoms with Gasteiger partial charge in [-0.25, -0.2) is 0 Å². The van der Waals surface area contributed by atoms with Crippen LogP contribution in [0.2, 0.25) is 0 Å². The summed E-state index contributed by atoms with van der Waals surface area (Å²) in [6, 6.07) is 3.66. The molecule has 118 valence electrons. The van der Waals surface area contributed by atoms with E-state index < -0.39 is 0 Å². The van der Waals surface area contributed by atoms with Crippen molar-refractivity contribution < 1.29 is 9.21 Å². The van der Waals surface area contributed by atoms with Crippen molar-refractivity contribution in [2.75, 3.05) is 6.54 Å². The molecule has 0 aliphatic carbocycles. The van der Waals surface area contributed by atoms with Crippen molar-refractivity contribution >= 4 is 45.4 Å². The first-order valence-corrected chi connectivity index (χ1v) is 8.61. The molecule has 0 unspecified atom stereocenters. The number of nitrogens with zero attached hydrogens (tertiary/aromatic N) is 4. The SMILES string of the molecule is CCN1C(=O)/C(=C\C=C\c2ccco2)S/C1=N/c1nnc(C)s1. The molecule has 3 heterocycles. The Kier molecular flexibility index (Phi) is 4.73. The van der Waals surface area contributed by atoms with Gasteiger partial charge in [-0.15, -0.1) is 10.2 Å². The number of allylic oxidation sites excluding steroid dienone is 2. The van der Waals surface area contributed by atoms with Gasteiger partial charge in [-0.1, -0.05) is 17.4 Å². The average Bonchev–Trinajstić information content (AvgIpc) is 3.23. The molecular weight excluding hydrogens is 332 g/mol. The smallest absolute Gasteiger partial charge is 0.266 e. The zero-order chi connectivity index (χ0) is 16.2. The normalized spacial score (nSPS) is 18.9. The number of thioether (sulfide) groups is 1. The molecule has 0 radical (unpaired) electrons. The fourth-order valence-electron chi connectivity index (χ4n) is 1.91. The largest absolute Gasteiger partial charge is 0.465 e. The number of amidine groups is 1. The van der Waals surface area contributed by atoms with Crippen LogP contribution >= 0.6 is 23.1 Å². The van der Waals surface area contributed by atoms with E-state index in [2.05, 4.69) is 15.2 Å². The van der Waals surface area contributed by atoms with E-state index in [1.54, 1.807) is 29.4 Å². The Labute approximate surface area is 141 Å². The van der Waals surface area contributed by atoms with Gasteiger partial charge >= 0.3 is 0 Å². The highest BCUT2D eigenvalue weighted by Gasteiger charge is 2.32. The fourth-order valence-corrected chi connectivity index (χ4v) is 3.53. The zero-order valence-corrected chi connectivity index (χ0v) is 14.2. The van der Waals surface area contributed by atoms with Gasteiger partial charge < -0.3 is 4.42 Å². The van der Waals surface area contributed by atoms with Crippen LogP contribution in [0.15, 0.2) is 44.9 Å². The Hall–Kier alpha value is -2.19. The molecule has 0 saturated carbocycles. The van der Waals surface area contributed by atoms with Gasteiger partial charge in [-0.05, 0) is 49.9 Å². The topological polar surface area (TPSA) is 71.6 Å². The van der Waals surface area contributed by atoms with Crippen LogP contribution in [-0.2, 0) is 4.79 Å². The minimum Gasteiger partial charge on any atom is -0.465 e. The molecule has 1 aliphatic rings. The van der Waals surface area contributed by atoms with E-state index in [4.69, 9.17) is 4.42 Å². The van der Waals surface area contributed by atoms with Crippen LogP contribution in [0.5, 0.6) is 0 Å². The molecule has 8 heteroatoms. The Morgan fingerprint density at radius 3 is 2.96 bits per heavy atom. The van der Waals surface area contributed by atoms with Crippen LogP contribution in [0.1, 0.15) is 17.7 Å². The van der Waals surface area contributed by atoms with Crippen molar-refractivity contribution in [1.29, 1.82) is 0 Å². The van der Waals surface area contributed by atoms with E-state index in [0.717, 1.165) is 10.8 Å². The predicted octanol–water partition coefficient (Wildman–Crippen LogP) is 3.62. The third-order valence-electron chi connectivity index (χ3n) is 2.96. The van der Waals surface area contributed by atoms with Crippen LogP contribution in [0.4, 0.5) is 5.13 Å². The van der Waals surface area contributed by atoms with Gasteiger partial charge in [0.1, 0.15) is 10.8 Å². The van der Waals surface area contributed by atoms with Crippen molar-refractivity contribution in [2.24, 2.45) is 4.99 Å². The molecule has 1 fully saturated rings. The standard InChI is InChI=1S/C15H14N4O2S2/c1-3-19-13(20)12(8-4-6-11-7-5-9-21-11)23-15(19)16-14-18-17-10(2)22-14/h4-9H,3H2,1-2H3/b6-4+,12-8+,16-15+. The molecule has 2 aromatic heterocycles. The Morgan fingerprint density at radius 2 is 2.30 bits per heavy atom. The van der Waals surface area contributed by atoms with E-state index in [1.807, 2.05) is 26.0 Å². The Morgan fingerprint density at radius 1 is 1.43 bits per heavy atom. The quantitative estimate of drug-likeness (QED) is 0.791. The monoisotopic (exact) mass is 346 g/mol. The number of amides is 1. The highest BCUT2D eigenvalue weighted by Crippen LogP contribution is 2.33. The summed E-state index contributed by atoms with van der Waals surface area (Å²) in [7, 11) is 0. The van der Waals surface area contributed by atoms with Gasteiger partial charge in [-0.3, -0.25) is 9.69 Å². The number of likely N-dealkylation sites (N-methyl/N-ethyl adjacent to an activating group) is 1. The lowest BCUT2D eigenvalue weighted by molar-refractivity contribution is -0.122. The summed E-state index contributed by atoms with van der Waals surface area (Å²) in [6.45, 7) is 4.35. The molecule has 0 aromatic carbocycles. The molecule has 0 atom stereocenters. The summed E-state index contributed by atoms with van der Waals surface area (Å²) in [6.07, 6.45) is 6.98. The lowest BCUT2D eigenvalue weighted by atomic mass is 10.3. The summed E-state index contributed by atoms with van der Waals surface area (Å²) in [5, 5.41) is 9.95. The van der Waals surface area contributed by atoms with Crippen molar-refractivity contribution in [3.63, 3.8) is 0 Å². The predicted molar refractivity (Wildman–Crippen MR) is 92.5 cm³/mol. The number of carbonyl (C=O) groups is 1. The number of rotatable bonds is 4. The molecular formula is C15H14N4O2S2. The lowest BCUT2D eigenvalue weighted by Gasteiger charge is -2.10. The van der Waals surface area contributed by atoms with Crippen molar-refractivity contribution in [3.05, 3.63) is 46.2 Å². The van der Waals surface area contributed by atoms with E-state index in [0.29, 0.717) is 21.7 Å². The van der Waals surface area contributed by atoms with E-state index >= 15 is 0 Å². The summed E-state index contributed by atoms with van der Waals surface area (Å²) in [5.74, 6) is 0.685. The molecule has 1 saturated heterocycles. The maximum atomic E-state index is 12.4. The Balaban J connectivity index is 1.81. The second-order valence-electron chi connectivity index (χ2n) is 4.55. The first kappa shape index (κ1) is 15.7. The molecule has 23 heavy (non-hydrogen) atoms. The van der Waals surface area contributed by atoms with Crippen LogP contribution < -0.4 is 0 Å². The number of furan rings is 1. The number of carbonyl (C=O) groups excluding carboxylic acids is 1. The number of aryl methyl sites for hydroxylation is 1. The fraction of sp³-hybridized carbons (Fsp3) is 0.200. The Bertz CT molecular complexity index is 790. The zero-order valence-electron chi connectivity index (χ0n) is 12.6. The minimum absolute atomic E-state index is 0.0541. The first-order chi connectivity index (χ1) is 11.2. The third kappa shape index (κ3) is 3.59. The highest BCUT2D eigenvalue weighted by molar-refractivity contribution is 8.18. The van der Waals surface area contributed by atoms with Crippen LogP contribution in [-0.4, -0.2) is 32.7 Å². The maximum Gasteiger partial charge on any atom is 0.266 e. The summed E-state index contributed by atoms with van der Waals surface area (Å²) in [4.78, 5) is 19.1. The number of hydrogen-bond donors (Lipinski definition) is 0. The van der Waals surface area contributed by atoms with Crippen LogP contribution in [0.3, 0.4) is 0 Å². The molecule has 0 N–H and O–H groups in total. The summed E-state index contributed by atoms with van der Waals surface area (Å²) >= 11 is 2.74. The van der Waals surface area contributed by atoms with E-state index in [9.17, 15) is 4.79 Å². The molecule has 1 amide bonds. The van der Waals surface area contributed by atoms with Gasteiger partial charge in [0.2, 0.25) is 5.13 Å². The van der Waals surface area contributed by atoms with Crippen molar-refractivity contribution in [2.45, 2.75) is 13.8 Å². The number of aromatic nitrogens is 2. The first-order valence-electron chi connectivity index (χ1n) is 6.97. The van der Waals surface area contributed by atoms with Gasteiger partial charge in [0.15, 0.2) is 5.17 Å². The van der Waals surface area contributed by atoms with E-state index in [1.165, 1.54) is 23.1 Å². The van der Waals surface area contributed by atoms with Gasteiger partial charge in [0, 0.05) is 6.54 Å². The van der Waals surface area contributed by atoms with Crippen LogP contribution in [0, 0.1) is 6.92 Å². The second-order valence-corrected chi connectivity index (χ2v) is 6.72. The number of hydrogen-bond acceptors (Lipinski definition) is 7.